The molecule has 0 atom stereocenters. The molecule has 32 heavy (non-hydrogen) atoms. The number of para-hydroxylation sites is 1. The van der Waals surface area contributed by atoms with E-state index in [4.69, 9.17) is 0 Å². The maximum Gasteiger partial charge on any atom is 0.273 e. The molecule has 0 fully saturated rings. The first kappa shape index (κ1) is 20.9. The number of nitrogens with zero attached hydrogens (tertiary/aromatic N) is 4. The number of pyridine rings is 1. The number of nitrogens with one attached hydrogen (secondary N) is 1. The van der Waals surface area contributed by atoms with E-state index < -0.39 is 10.8 Å². The first-order chi connectivity index (χ1) is 15.4. The van der Waals surface area contributed by atoms with Gasteiger partial charge in [-0.1, -0.05) is 18.2 Å². The number of aryl methyl sites for hydroxylation is 1. The predicted molar refractivity (Wildman–Crippen MR) is 117 cm³/mol. The van der Waals surface area contributed by atoms with Crippen molar-refractivity contribution in [2.24, 2.45) is 7.05 Å². The molecule has 0 saturated heterocycles. The third-order valence-electron chi connectivity index (χ3n) is 4.93. The number of aromatic nitrogens is 3. The molecule has 8 nitrogen and oxygen atoms in total. The Morgan fingerprint density at radius 3 is 2.44 bits per heavy atom. The van der Waals surface area contributed by atoms with Gasteiger partial charge in [0, 0.05) is 36.6 Å². The second-order valence-electron chi connectivity index (χ2n) is 7.05. The average Bonchev–Trinajstić information content (AvgIpc) is 3.11. The molecule has 4 rings (SSSR count). The zero-order valence-electron chi connectivity index (χ0n) is 17.0. The number of rotatable bonds is 6. The summed E-state index contributed by atoms with van der Waals surface area (Å²) in [7, 11) is 1.68. The van der Waals surface area contributed by atoms with Crippen LogP contribution in [-0.4, -0.2) is 25.6 Å². The summed E-state index contributed by atoms with van der Waals surface area (Å²) in [6.07, 6.45) is 3.06. The molecule has 9 heteroatoms. The molecule has 1 N–H and O–H groups in total. The molecule has 0 aliphatic rings. The van der Waals surface area contributed by atoms with Crippen molar-refractivity contribution in [3.05, 3.63) is 94.6 Å². The van der Waals surface area contributed by atoms with Gasteiger partial charge in [-0.3, -0.25) is 24.6 Å². The molecule has 0 bridgehead atoms. The lowest BCUT2D eigenvalue weighted by Gasteiger charge is -2.10. The number of halogens is 1. The summed E-state index contributed by atoms with van der Waals surface area (Å²) in [5, 5.41) is 18.6. The molecule has 4 aromatic rings. The summed E-state index contributed by atoms with van der Waals surface area (Å²) in [6.45, 7) is 0. The van der Waals surface area contributed by atoms with E-state index in [1.54, 1.807) is 61.9 Å². The standard InChI is InChI=1S/C23H18FN5O3/c1-28-23(26-20(30)14-17-4-2-3-5-19(17)29(31)32)21(15-10-12-25-13-11-15)22(27-28)16-6-8-18(24)9-7-16/h2-13H,14H2,1H3,(H,26,30). The second-order valence-corrected chi connectivity index (χ2v) is 7.05. The Balaban J connectivity index is 1.73. The normalized spacial score (nSPS) is 10.7. The monoisotopic (exact) mass is 431 g/mol. The predicted octanol–water partition coefficient (Wildman–Crippen LogP) is 4.38. The molecule has 0 aliphatic heterocycles. The first-order valence-corrected chi connectivity index (χ1v) is 9.69. The van der Waals surface area contributed by atoms with Crippen LogP contribution in [0.1, 0.15) is 5.56 Å². The molecule has 0 spiro atoms. The van der Waals surface area contributed by atoms with Crippen LogP contribution in [0.5, 0.6) is 0 Å². The number of nitro benzene ring substituents is 1. The third kappa shape index (κ3) is 4.22. The Hall–Kier alpha value is -4.40. The Bertz CT molecular complexity index is 1290. The third-order valence-corrected chi connectivity index (χ3v) is 4.93. The van der Waals surface area contributed by atoms with E-state index >= 15 is 0 Å². The van der Waals surface area contributed by atoms with Crippen LogP contribution in [0.3, 0.4) is 0 Å². The maximum atomic E-state index is 13.4. The number of carbonyl (C=O) groups excluding carboxylic acids is 1. The Morgan fingerprint density at radius 1 is 1.06 bits per heavy atom. The average molecular weight is 431 g/mol. The molecule has 0 aliphatic carbocycles. The van der Waals surface area contributed by atoms with Crippen LogP contribution < -0.4 is 5.32 Å². The lowest BCUT2D eigenvalue weighted by atomic mass is 10.0. The summed E-state index contributed by atoms with van der Waals surface area (Å²) in [5.74, 6) is -0.379. The van der Waals surface area contributed by atoms with Crippen molar-refractivity contribution in [3.8, 4) is 22.4 Å². The summed E-state index contributed by atoms with van der Waals surface area (Å²) < 4.78 is 15.0. The van der Waals surface area contributed by atoms with Crippen LogP contribution in [0, 0.1) is 15.9 Å². The van der Waals surface area contributed by atoms with Gasteiger partial charge in [0.25, 0.3) is 5.69 Å². The fourth-order valence-electron chi connectivity index (χ4n) is 3.46. The van der Waals surface area contributed by atoms with Gasteiger partial charge >= 0.3 is 0 Å². The van der Waals surface area contributed by atoms with Crippen molar-refractivity contribution in [2.75, 3.05) is 5.32 Å². The van der Waals surface area contributed by atoms with Crippen LogP contribution in [0.2, 0.25) is 0 Å². The minimum atomic E-state index is -0.512. The minimum Gasteiger partial charge on any atom is -0.310 e. The van der Waals surface area contributed by atoms with E-state index in [0.29, 0.717) is 28.2 Å². The second kappa shape index (κ2) is 8.76. The number of hydrogen-bond acceptors (Lipinski definition) is 5. The zero-order valence-corrected chi connectivity index (χ0v) is 17.0. The summed E-state index contributed by atoms with van der Waals surface area (Å²) in [4.78, 5) is 27.6. The van der Waals surface area contributed by atoms with Crippen molar-refractivity contribution in [3.63, 3.8) is 0 Å². The molecule has 2 heterocycles. The van der Waals surface area contributed by atoms with Crippen LogP contribution in [-0.2, 0) is 18.3 Å². The molecular formula is C23H18FN5O3. The molecular weight excluding hydrogens is 413 g/mol. The SMILES string of the molecule is Cn1nc(-c2ccc(F)cc2)c(-c2ccncc2)c1NC(=O)Cc1ccccc1[N+](=O)[O-]. The van der Waals surface area contributed by atoms with E-state index in [1.165, 1.54) is 22.9 Å². The molecule has 2 aromatic heterocycles. The fourth-order valence-corrected chi connectivity index (χ4v) is 3.46. The number of hydrogen-bond donors (Lipinski definition) is 1. The minimum absolute atomic E-state index is 0.117. The van der Waals surface area contributed by atoms with Gasteiger partial charge in [0.1, 0.15) is 17.3 Å². The topological polar surface area (TPSA) is 103 Å². The Kier molecular flexibility index (Phi) is 5.71. The van der Waals surface area contributed by atoms with Crippen molar-refractivity contribution >= 4 is 17.4 Å². The van der Waals surface area contributed by atoms with Gasteiger partial charge in [-0.2, -0.15) is 5.10 Å². The van der Waals surface area contributed by atoms with Crippen molar-refractivity contribution in [1.82, 2.24) is 14.8 Å². The van der Waals surface area contributed by atoms with E-state index in [-0.39, 0.29) is 17.9 Å². The first-order valence-electron chi connectivity index (χ1n) is 9.69. The molecule has 0 radical (unpaired) electrons. The van der Waals surface area contributed by atoms with Crippen LogP contribution >= 0.6 is 0 Å². The summed E-state index contributed by atoms with van der Waals surface area (Å²) in [5.41, 5.74) is 2.81. The van der Waals surface area contributed by atoms with Gasteiger partial charge in [0.2, 0.25) is 5.91 Å². The van der Waals surface area contributed by atoms with Crippen molar-refractivity contribution in [1.29, 1.82) is 0 Å². The number of amides is 1. The van der Waals surface area contributed by atoms with E-state index in [0.717, 1.165) is 5.56 Å². The molecule has 0 saturated carbocycles. The quantitative estimate of drug-likeness (QED) is 0.361. The van der Waals surface area contributed by atoms with Gasteiger partial charge < -0.3 is 5.32 Å². The molecule has 0 unspecified atom stereocenters. The summed E-state index contributed by atoms with van der Waals surface area (Å²) in [6, 6.07) is 15.6. The highest BCUT2D eigenvalue weighted by molar-refractivity contribution is 5.99. The van der Waals surface area contributed by atoms with Gasteiger partial charge in [-0.05, 0) is 42.0 Å². The van der Waals surface area contributed by atoms with E-state index in [2.05, 4.69) is 15.4 Å². The van der Waals surface area contributed by atoms with E-state index in [1.807, 2.05) is 0 Å². The maximum absolute atomic E-state index is 13.4. The van der Waals surface area contributed by atoms with Crippen LogP contribution in [0.4, 0.5) is 15.9 Å². The van der Waals surface area contributed by atoms with Gasteiger partial charge in [0.05, 0.1) is 16.9 Å². The summed E-state index contributed by atoms with van der Waals surface area (Å²) >= 11 is 0. The lowest BCUT2D eigenvalue weighted by Crippen LogP contribution is -2.18. The number of nitro groups is 1. The molecule has 2 aromatic carbocycles. The fraction of sp³-hybridized carbons (Fsp3) is 0.0870. The molecule has 1 amide bonds. The van der Waals surface area contributed by atoms with E-state index in [9.17, 15) is 19.3 Å². The highest BCUT2D eigenvalue weighted by atomic mass is 19.1. The number of carbonyl (C=O) groups is 1. The van der Waals surface area contributed by atoms with Gasteiger partial charge in [-0.15, -0.1) is 0 Å². The Morgan fingerprint density at radius 2 is 1.75 bits per heavy atom. The highest BCUT2D eigenvalue weighted by Gasteiger charge is 2.22. The van der Waals surface area contributed by atoms with Gasteiger partial charge in [0.15, 0.2) is 0 Å². The zero-order chi connectivity index (χ0) is 22.7. The van der Waals surface area contributed by atoms with Crippen LogP contribution in [0.25, 0.3) is 22.4 Å². The van der Waals surface area contributed by atoms with Crippen molar-refractivity contribution in [2.45, 2.75) is 6.42 Å². The number of anilines is 1. The largest absolute Gasteiger partial charge is 0.310 e. The van der Waals surface area contributed by atoms with Gasteiger partial charge in [-0.25, -0.2) is 4.39 Å². The Labute approximate surface area is 182 Å². The number of benzene rings is 2. The highest BCUT2D eigenvalue weighted by Crippen LogP contribution is 2.37. The lowest BCUT2D eigenvalue weighted by molar-refractivity contribution is -0.385. The smallest absolute Gasteiger partial charge is 0.273 e. The van der Waals surface area contributed by atoms with Crippen molar-refractivity contribution < 1.29 is 14.1 Å². The van der Waals surface area contributed by atoms with Crippen LogP contribution in [0.15, 0.2) is 73.1 Å². The molecule has 160 valence electrons.